The van der Waals surface area contributed by atoms with Crippen molar-refractivity contribution in [2.45, 2.75) is 6.92 Å². The van der Waals surface area contributed by atoms with Crippen LogP contribution >= 0.6 is 0 Å². The summed E-state index contributed by atoms with van der Waals surface area (Å²) in [4.78, 5) is 11.3. The fourth-order valence-electron chi connectivity index (χ4n) is 1.13. The molecule has 2 nitrogen and oxygen atoms in total. The molecule has 0 fully saturated rings. The monoisotopic (exact) mass is 194 g/mol. The summed E-state index contributed by atoms with van der Waals surface area (Å²) in [5.41, 5.74) is 0.396. The molecule has 74 valence electrons. The number of carbonyl (C=O) groups is 1. The van der Waals surface area contributed by atoms with E-state index in [-0.39, 0.29) is 17.7 Å². The Bertz CT molecular complexity index is 358. The van der Waals surface area contributed by atoms with Crippen LogP contribution in [0.15, 0.2) is 24.8 Å². The van der Waals surface area contributed by atoms with Crippen LogP contribution in [-0.2, 0) is 4.74 Å². The van der Waals surface area contributed by atoms with Gasteiger partial charge in [0.2, 0.25) is 0 Å². The van der Waals surface area contributed by atoms with Crippen LogP contribution in [0.3, 0.4) is 0 Å². The topological polar surface area (TPSA) is 26.3 Å². The molecule has 0 radical (unpaired) electrons. The average Bonchev–Trinajstić information content (AvgIpc) is 2.17. The first-order chi connectivity index (χ1) is 6.70. The fraction of sp³-hybridized carbons (Fsp3) is 0.182. The van der Waals surface area contributed by atoms with Crippen LogP contribution in [0.25, 0.3) is 6.08 Å². The molecule has 0 N–H and O–H groups in total. The molecule has 0 saturated heterocycles. The maximum atomic E-state index is 13.2. The summed E-state index contributed by atoms with van der Waals surface area (Å²) in [5, 5.41) is 0. The molecule has 0 aromatic heterocycles. The van der Waals surface area contributed by atoms with E-state index in [0.717, 1.165) is 0 Å². The SMILES string of the molecule is C=Cc1c(F)cccc1C(=O)OCC. The zero-order valence-corrected chi connectivity index (χ0v) is 7.92. The summed E-state index contributed by atoms with van der Waals surface area (Å²) in [5.74, 6) is -0.993. The lowest BCUT2D eigenvalue weighted by Gasteiger charge is -2.05. The van der Waals surface area contributed by atoms with Crippen molar-refractivity contribution in [3.05, 3.63) is 41.7 Å². The van der Waals surface area contributed by atoms with E-state index in [1.165, 1.54) is 24.3 Å². The minimum Gasteiger partial charge on any atom is -0.462 e. The van der Waals surface area contributed by atoms with E-state index in [1.54, 1.807) is 6.92 Å². The number of carbonyl (C=O) groups excluding carboxylic acids is 1. The third-order valence-corrected chi connectivity index (χ3v) is 1.75. The summed E-state index contributed by atoms with van der Waals surface area (Å²) >= 11 is 0. The van der Waals surface area contributed by atoms with Gasteiger partial charge in [-0.05, 0) is 19.1 Å². The normalized spacial score (nSPS) is 9.57. The first-order valence-corrected chi connectivity index (χ1v) is 4.28. The third kappa shape index (κ3) is 1.99. The van der Waals surface area contributed by atoms with Crippen LogP contribution in [0, 0.1) is 5.82 Å². The Morgan fingerprint density at radius 2 is 2.36 bits per heavy atom. The molecule has 0 aliphatic rings. The van der Waals surface area contributed by atoms with E-state index in [9.17, 15) is 9.18 Å². The molecule has 0 atom stereocenters. The molecule has 0 aliphatic carbocycles. The largest absolute Gasteiger partial charge is 0.462 e. The van der Waals surface area contributed by atoms with Crippen LogP contribution < -0.4 is 0 Å². The average molecular weight is 194 g/mol. The second-order valence-electron chi connectivity index (χ2n) is 2.63. The summed E-state index contributed by atoms with van der Waals surface area (Å²) in [6, 6.07) is 4.26. The molecule has 0 unspecified atom stereocenters. The molecule has 0 amide bonds. The van der Waals surface area contributed by atoms with E-state index >= 15 is 0 Å². The smallest absolute Gasteiger partial charge is 0.338 e. The second-order valence-corrected chi connectivity index (χ2v) is 2.63. The lowest BCUT2D eigenvalue weighted by molar-refractivity contribution is 0.0525. The Morgan fingerprint density at radius 3 is 2.93 bits per heavy atom. The molecular formula is C11H11FO2. The van der Waals surface area contributed by atoms with Crippen molar-refractivity contribution < 1.29 is 13.9 Å². The fourth-order valence-corrected chi connectivity index (χ4v) is 1.13. The summed E-state index contributed by atoms with van der Waals surface area (Å²) in [6.07, 6.45) is 1.31. The highest BCUT2D eigenvalue weighted by atomic mass is 19.1. The highest BCUT2D eigenvalue weighted by Gasteiger charge is 2.12. The Hall–Kier alpha value is -1.64. The highest BCUT2D eigenvalue weighted by Crippen LogP contribution is 2.15. The highest BCUT2D eigenvalue weighted by molar-refractivity contribution is 5.93. The molecule has 1 aromatic carbocycles. The van der Waals surface area contributed by atoms with Gasteiger partial charge in [0, 0.05) is 5.56 Å². The number of hydrogen-bond acceptors (Lipinski definition) is 2. The van der Waals surface area contributed by atoms with E-state index in [4.69, 9.17) is 4.74 Å². The summed E-state index contributed by atoms with van der Waals surface area (Å²) in [7, 11) is 0. The molecular weight excluding hydrogens is 183 g/mol. The molecule has 0 spiro atoms. The van der Waals surface area contributed by atoms with Crippen molar-refractivity contribution in [3.63, 3.8) is 0 Å². The third-order valence-electron chi connectivity index (χ3n) is 1.75. The van der Waals surface area contributed by atoms with E-state index in [0.29, 0.717) is 0 Å². The molecule has 1 rings (SSSR count). The van der Waals surface area contributed by atoms with E-state index < -0.39 is 11.8 Å². The van der Waals surface area contributed by atoms with Gasteiger partial charge in [0.25, 0.3) is 0 Å². The molecule has 0 heterocycles. The predicted molar refractivity (Wildman–Crippen MR) is 52.4 cm³/mol. The molecule has 0 bridgehead atoms. The Labute approximate surface area is 82.0 Å². The Balaban J connectivity index is 3.13. The molecule has 1 aromatic rings. The van der Waals surface area contributed by atoms with Crippen LogP contribution in [0.5, 0.6) is 0 Å². The first kappa shape index (κ1) is 10.4. The zero-order valence-electron chi connectivity index (χ0n) is 7.92. The maximum absolute atomic E-state index is 13.2. The van der Waals surface area contributed by atoms with Crippen molar-refractivity contribution >= 4 is 12.0 Å². The summed E-state index contributed by atoms with van der Waals surface area (Å²) in [6.45, 7) is 5.42. The maximum Gasteiger partial charge on any atom is 0.338 e. The van der Waals surface area contributed by atoms with Gasteiger partial charge in [0.15, 0.2) is 0 Å². The zero-order chi connectivity index (χ0) is 10.6. The van der Waals surface area contributed by atoms with Gasteiger partial charge < -0.3 is 4.74 Å². The van der Waals surface area contributed by atoms with Crippen molar-refractivity contribution in [1.82, 2.24) is 0 Å². The lowest BCUT2D eigenvalue weighted by Crippen LogP contribution is -2.07. The van der Waals surface area contributed by atoms with Crippen LogP contribution in [0.1, 0.15) is 22.8 Å². The Kier molecular flexibility index (Phi) is 3.40. The van der Waals surface area contributed by atoms with Crippen LogP contribution in [-0.4, -0.2) is 12.6 Å². The van der Waals surface area contributed by atoms with Gasteiger partial charge in [-0.25, -0.2) is 9.18 Å². The van der Waals surface area contributed by atoms with Gasteiger partial charge in [0.05, 0.1) is 12.2 Å². The van der Waals surface area contributed by atoms with E-state index in [2.05, 4.69) is 6.58 Å². The first-order valence-electron chi connectivity index (χ1n) is 4.28. The van der Waals surface area contributed by atoms with Gasteiger partial charge in [-0.15, -0.1) is 0 Å². The van der Waals surface area contributed by atoms with Gasteiger partial charge >= 0.3 is 5.97 Å². The summed E-state index contributed by atoms with van der Waals surface area (Å²) < 4.78 is 17.9. The van der Waals surface area contributed by atoms with Gasteiger partial charge in [-0.1, -0.05) is 18.7 Å². The predicted octanol–water partition coefficient (Wildman–Crippen LogP) is 2.65. The number of hydrogen-bond donors (Lipinski definition) is 0. The number of ether oxygens (including phenoxy) is 1. The standard InChI is InChI=1S/C11H11FO2/c1-3-8-9(11(13)14-4-2)6-5-7-10(8)12/h3,5-7H,1,4H2,2H3. The second kappa shape index (κ2) is 4.56. The molecule has 0 saturated carbocycles. The van der Waals surface area contributed by atoms with Gasteiger partial charge in [-0.2, -0.15) is 0 Å². The van der Waals surface area contributed by atoms with Crippen molar-refractivity contribution in [3.8, 4) is 0 Å². The minimum absolute atomic E-state index is 0.186. The van der Waals surface area contributed by atoms with Crippen LogP contribution in [0.4, 0.5) is 4.39 Å². The van der Waals surface area contributed by atoms with Crippen molar-refractivity contribution in [2.24, 2.45) is 0 Å². The molecule has 0 aliphatic heterocycles. The van der Waals surface area contributed by atoms with Crippen molar-refractivity contribution in [2.75, 3.05) is 6.61 Å². The molecule has 14 heavy (non-hydrogen) atoms. The quantitative estimate of drug-likeness (QED) is 0.691. The van der Waals surface area contributed by atoms with Gasteiger partial charge in [0.1, 0.15) is 5.82 Å². The minimum atomic E-state index is -0.526. The number of benzene rings is 1. The lowest BCUT2D eigenvalue weighted by atomic mass is 10.1. The van der Waals surface area contributed by atoms with Crippen LogP contribution in [0.2, 0.25) is 0 Å². The van der Waals surface area contributed by atoms with Gasteiger partial charge in [-0.3, -0.25) is 0 Å². The molecule has 3 heteroatoms. The van der Waals surface area contributed by atoms with Crippen molar-refractivity contribution in [1.29, 1.82) is 0 Å². The van der Waals surface area contributed by atoms with E-state index in [1.807, 2.05) is 0 Å². The number of esters is 1. The Morgan fingerprint density at radius 1 is 1.64 bits per heavy atom. The number of rotatable bonds is 3. The number of halogens is 1.